The van der Waals surface area contributed by atoms with E-state index < -0.39 is 59.7 Å². The minimum Gasteiger partial charge on any atom is -0.494 e. The summed E-state index contributed by atoms with van der Waals surface area (Å²) in [5.41, 5.74) is 7.66. The van der Waals surface area contributed by atoms with Crippen LogP contribution in [0.1, 0.15) is 73.8 Å². The summed E-state index contributed by atoms with van der Waals surface area (Å²) < 4.78 is 7.56. The number of unbranched alkanes of at least 4 members (excludes halogenated alkanes) is 1. The average molecular weight is 1130 g/mol. The number of likely N-dealkylation sites (tertiary alicyclic amines) is 1. The second-order valence-electron chi connectivity index (χ2n) is 19.8. The van der Waals surface area contributed by atoms with E-state index in [-0.39, 0.29) is 129 Å². The van der Waals surface area contributed by atoms with Gasteiger partial charge >= 0.3 is 23.9 Å². The Morgan fingerprint density at radius 3 is 2.01 bits per heavy atom. The normalized spacial score (nSPS) is 16.7. The van der Waals surface area contributed by atoms with Crippen LogP contribution >= 0.6 is 0 Å². The van der Waals surface area contributed by atoms with Crippen molar-refractivity contribution in [1.82, 2.24) is 65.7 Å². The van der Waals surface area contributed by atoms with Gasteiger partial charge in [-0.2, -0.15) is 5.26 Å². The quantitative estimate of drug-likeness (QED) is 0.0316. The van der Waals surface area contributed by atoms with Gasteiger partial charge in [-0.25, -0.2) is 0 Å². The number of nitrogens with one attached hydrogen (secondary N) is 4. The lowest BCUT2D eigenvalue weighted by molar-refractivity contribution is -0.145. The van der Waals surface area contributed by atoms with Crippen molar-refractivity contribution in [3.05, 3.63) is 47.9 Å². The van der Waals surface area contributed by atoms with Crippen LogP contribution < -0.4 is 31.7 Å². The van der Waals surface area contributed by atoms with E-state index >= 15 is 0 Å². The number of aromatic nitrogens is 4. The molecule has 0 aliphatic carbocycles. The lowest BCUT2D eigenvalue weighted by Gasteiger charge is -2.35. The van der Waals surface area contributed by atoms with E-state index in [4.69, 9.17) is 10.5 Å². The topological polar surface area (TPSA) is 402 Å². The minimum absolute atomic E-state index is 0.0498. The second kappa shape index (κ2) is 33.6. The number of carboxylic acids is 4. The molecule has 1 aromatic carbocycles. The maximum Gasteiger partial charge on any atom is 0.320 e. The van der Waals surface area contributed by atoms with Crippen LogP contribution in [0.5, 0.6) is 5.75 Å². The zero-order chi connectivity index (χ0) is 58.7. The molecule has 2 fully saturated rings. The molecule has 2 saturated heterocycles. The molecule has 442 valence electrons. The van der Waals surface area contributed by atoms with E-state index in [0.717, 1.165) is 6.42 Å². The SMILES string of the molecule is N#C[C@@H]1CCCN1C(=O)CNC(=O)c1ccnc2ccc(OCCCNC(=O)CCc3cn(CCCC[C@H](N)C(=O)NCCNC(=O)CCC(C(=O)O)N4CCN(CC(=O)O)CCN(CC(=O)O)CCN(CC(=O)O)CC4)nn3)cc12. The molecule has 29 nitrogen and oxygen atoms in total. The van der Waals surface area contributed by atoms with Gasteiger partial charge in [0.2, 0.25) is 23.6 Å². The number of rotatable bonds is 31. The first-order valence-corrected chi connectivity index (χ1v) is 27.1. The van der Waals surface area contributed by atoms with Crippen molar-refractivity contribution in [3.63, 3.8) is 0 Å². The number of aliphatic carboxylic acids is 4. The van der Waals surface area contributed by atoms with E-state index in [2.05, 4.69) is 42.6 Å². The van der Waals surface area contributed by atoms with Gasteiger partial charge in [-0.3, -0.25) is 72.4 Å². The van der Waals surface area contributed by atoms with Crippen LogP contribution in [0.25, 0.3) is 10.9 Å². The zero-order valence-electron chi connectivity index (χ0n) is 45.4. The van der Waals surface area contributed by atoms with Crippen molar-refractivity contribution in [2.24, 2.45) is 5.73 Å². The van der Waals surface area contributed by atoms with Gasteiger partial charge in [-0.15, -0.1) is 5.10 Å². The van der Waals surface area contributed by atoms with E-state index in [1.54, 1.807) is 54.7 Å². The molecule has 0 bridgehead atoms. The third-order valence-corrected chi connectivity index (χ3v) is 13.7. The molecular formula is C52H75N15O14. The number of benzene rings is 1. The Kier molecular flexibility index (Phi) is 26.5. The van der Waals surface area contributed by atoms with Gasteiger partial charge in [0.25, 0.3) is 5.91 Å². The van der Waals surface area contributed by atoms with Gasteiger partial charge in [0.1, 0.15) is 17.8 Å². The van der Waals surface area contributed by atoms with Gasteiger partial charge in [0.15, 0.2) is 0 Å². The number of carbonyl (C=O) groups excluding carboxylic acids is 5. The Labute approximate surface area is 468 Å². The van der Waals surface area contributed by atoms with Gasteiger partial charge in [0.05, 0.1) is 61.7 Å². The third-order valence-electron chi connectivity index (χ3n) is 13.7. The fourth-order valence-electron chi connectivity index (χ4n) is 9.37. The summed E-state index contributed by atoms with van der Waals surface area (Å²) in [5, 5.41) is 67.7. The van der Waals surface area contributed by atoms with Gasteiger partial charge in [0, 0.05) is 122 Å². The summed E-state index contributed by atoms with van der Waals surface area (Å²) in [6.07, 6.45) is 7.01. The van der Waals surface area contributed by atoms with E-state index in [1.807, 2.05) is 0 Å². The summed E-state index contributed by atoms with van der Waals surface area (Å²) in [5.74, 6) is -5.85. The number of ether oxygens (including phenoxy) is 1. The van der Waals surface area contributed by atoms with E-state index in [0.29, 0.717) is 86.1 Å². The number of carbonyl (C=O) groups is 9. The highest BCUT2D eigenvalue weighted by atomic mass is 16.5. The van der Waals surface area contributed by atoms with Crippen molar-refractivity contribution in [3.8, 4) is 11.8 Å². The zero-order valence-corrected chi connectivity index (χ0v) is 45.4. The molecule has 3 atom stereocenters. The largest absolute Gasteiger partial charge is 0.494 e. The Morgan fingerprint density at radius 2 is 1.37 bits per heavy atom. The van der Waals surface area contributed by atoms with Crippen molar-refractivity contribution in [2.75, 3.05) is 111 Å². The third kappa shape index (κ3) is 22.6. The molecule has 2 aromatic heterocycles. The minimum atomic E-state index is -1.22. The average Bonchev–Trinajstić information content (AvgIpc) is 4.30. The monoisotopic (exact) mass is 1130 g/mol. The summed E-state index contributed by atoms with van der Waals surface area (Å²) in [6, 6.07) is 6.39. The van der Waals surface area contributed by atoms with Crippen LogP contribution in [0.4, 0.5) is 0 Å². The van der Waals surface area contributed by atoms with Crippen LogP contribution in [0.3, 0.4) is 0 Å². The lowest BCUT2D eigenvalue weighted by Crippen LogP contribution is -2.52. The Morgan fingerprint density at radius 1 is 0.741 bits per heavy atom. The van der Waals surface area contributed by atoms with Crippen LogP contribution in [0, 0.1) is 11.3 Å². The molecule has 29 heteroatoms. The highest BCUT2D eigenvalue weighted by Crippen LogP contribution is 2.23. The number of carboxylic acid groups (broad SMARTS) is 4. The van der Waals surface area contributed by atoms with Crippen LogP contribution in [0.15, 0.2) is 36.7 Å². The molecule has 3 aromatic rings. The van der Waals surface area contributed by atoms with E-state index in [9.17, 15) is 68.8 Å². The molecule has 5 rings (SSSR count). The Balaban J connectivity index is 0.932. The van der Waals surface area contributed by atoms with Gasteiger partial charge in [-0.05, 0) is 69.2 Å². The molecule has 0 spiro atoms. The fraction of sp³-hybridized carbons (Fsp3) is 0.596. The maximum atomic E-state index is 13.1. The smallest absolute Gasteiger partial charge is 0.320 e. The summed E-state index contributed by atoms with van der Waals surface area (Å²) in [6.45, 7) is 1.54. The van der Waals surface area contributed by atoms with Crippen LogP contribution in [0.2, 0.25) is 0 Å². The van der Waals surface area contributed by atoms with Crippen LogP contribution in [-0.2, 0) is 51.3 Å². The van der Waals surface area contributed by atoms with E-state index in [1.165, 1.54) is 11.1 Å². The van der Waals surface area contributed by atoms with Gasteiger partial charge < -0.3 is 57.1 Å². The predicted molar refractivity (Wildman–Crippen MR) is 288 cm³/mol. The second-order valence-corrected chi connectivity index (χ2v) is 19.8. The van der Waals surface area contributed by atoms with Crippen molar-refractivity contribution in [1.29, 1.82) is 5.26 Å². The number of aryl methyl sites for hydroxylation is 2. The number of pyridine rings is 1. The first-order chi connectivity index (χ1) is 38.9. The molecule has 4 heterocycles. The molecule has 10 N–H and O–H groups in total. The molecule has 2 aliphatic heterocycles. The highest BCUT2D eigenvalue weighted by Gasteiger charge is 2.30. The number of amides is 5. The predicted octanol–water partition coefficient (Wildman–Crippen LogP) is -1.97. The van der Waals surface area contributed by atoms with Crippen molar-refractivity contribution >= 4 is 64.3 Å². The lowest BCUT2D eigenvalue weighted by atomic mass is 10.1. The molecule has 0 saturated carbocycles. The van der Waals surface area contributed by atoms with Crippen LogP contribution in [-0.4, -0.2) is 248 Å². The molecule has 5 amide bonds. The number of nitrogens with zero attached hydrogens (tertiary/aromatic N) is 10. The molecule has 1 unspecified atom stereocenters. The summed E-state index contributed by atoms with van der Waals surface area (Å²) >= 11 is 0. The Hall–Kier alpha value is -7.91. The number of nitriles is 1. The number of hydrogen-bond donors (Lipinski definition) is 9. The first kappa shape index (κ1) is 63.9. The summed E-state index contributed by atoms with van der Waals surface area (Å²) in [7, 11) is 0. The first-order valence-electron chi connectivity index (χ1n) is 27.1. The fourth-order valence-corrected chi connectivity index (χ4v) is 9.37. The number of hydrogen-bond acceptors (Lipinski definition) is 19. The molecule has 2 aliphatic rings. The molecular weight excluding hydrogens is 1060 g/mol. The highest BCUT2D eigenvalue weighted by molar-refractivity contribution is 6.07. The summed E-state index contributed by atoms with van der Waals surface area (Å²) in [4.78, 5) is 123. The number of fused-ring (bicyclic) bond motifs is 1. The molecule has 81 heavy (non-hydrogen) atoms. The Bertz CT molecular complexity index is 2640. The maximum absolute atomic E-state index is 13.1. The van der Waals surface area contributed by atoms with Crippen molar-refractivity contribution in [2.45, 2.75) is 88.9 Å². The molecule has 0 radical (unpaired) electrons. The van der Waals surface area contributed by atoms with Crippen molar-refractivity contribution < 1.29 is 68.3 Å². The van der Waals surface area contributed by atoms with Gasteiger partial charge in [-0.1, -0.05) is 5.21 Å². The number of nitrogens with two attached hydrogens (primary N) is 1. The standard InChI is InChI=1S/C52H75N15O14/c53-30-37-5-3-19-67(37)46(70)31-59-50(77)39-13-15-55-42-9-8-38(29-40(39)42)81-28-4-14-56-44(68)11-7-36-32-66(61-60-36)18-2-1-6-41(54)51(78)58-17-16-57-45(69)12-10-43(52(79)80)65-26-24-63(34-48(73)74)22-20-62(33-47(71)72)21-23-64(25-27-65)35-49(75)76/h8-9,13,15,29,32,37,41,43H,1-7,10-12,14,16-28,31,33-35,54H2,(H,56,68)(H,57,69)(H,58,78)(H,59,77)(H,71,72)(H,73,74)(H,75,76)(H,79,80)/t37-,41-,43?/m0/s1.